The van der Waals surface area contributed by atoms with Crippen molar-refractivity contribution in [3.05, 3.63) is 13.8 Å². The van der Waals surface area contributed by atoms with Crippen molar-refractivity contribution in [2.45, 2.75) is 65.7 Å². The zero-order valence-corrected chi connectivity index (χ0v) is 11.9. The van der Waals surface area contributed by atoms with E-state index in [2.05, 4.69) is 34.6 Å². The maximum absolute atomic E-state index is 3.99. The first-order chi connectivity index (χ1) is 6.22. The molecule has 0 saturated carbocycles. The Labute approximate surface area is 123 Å². The SMILES string of the molecule is [CH2-]C(CC)CCCC.[CH2-]CCCC.[Li+].[Li+]. The first-order valence-corrected chi connectivity index (χ1v) is 5.85. The fourth-order valence-corrected chi connectivity index (χ4v) is 0.947. The summed E-state index contributed by atoms with van der Waals surface area (Å²) in [5, 5.41) is 0. The molecule has 0 aliphatic rings. The number of rotatable bonds is 6. The molecule has 0 aromatic heterocycles. The maximum Gasteiger partial charge on any atom is 1.00 e. The summed E-state index contributed by atoms with van der Waals surface area (Å²) in [5.74, 6) is 0.704. The molecule has 0 aliphatic heterocycles. The van der Waals surface area contributed by atoms with Crippen molar-refractivity contribution >= 4 is 0 Å². The van der Waals surface area contributed by atoms with Gasteiger partial charge in [0.25, 0.3) is 0 Å². The molecule has 2 heteroatoms. The van der Waals surface area contributed by atoms with Crippen LogP contribution in [0.1, 0.15) is 65.7 Å². The summed E-state index contributed by atoms with van der Waals surface area (Å²) < 4.78 is 0. The van der Waals surface area contributed by atoms with Crippen LogP contribution >= 0.6 is 0 Å². The van der Waals surface area contributed by atoms with Crippen molar-refractivity contribution in [2.24, 2.45) is 5.92 Å². The van der Waals surface area contributed by atoms with Crippen LogP contribution in [0.25, 0.3) is 0 Å². The van der Waals surface area contributed by atoms with Gasteiger partial charge in [0.1, 0.15) is 0 Å². The molecule has 82 valence electrons. The van der Waals surface area contributed by atoms with E-state index in [0.29, 0.717) is 5.92 Å². The van der Waals surface area contributed by atoms with E-state index in [-0.39, 0.29) is 37.7 Å². The van der Waals surface area contributed by atoms with E-state index < -0.39 is 0 Å². The minimum atomic E-state index is 0. The van der Waals surface area contributed by atoms with Crippen molar-refractivity contribution in [2.75, 3.05) is 0 Å². The van der Waals surface area contributed by atoms with Crippen molar-refractivity contribution in [3.63, 3.8) is 0 Å². The number of hydrogen-bond acceptors (Lipinski definition) is 0. The van der Waals surface area contributed by atoms with Gasteiger partial charge in [-0.1, -0.05) is 59.3 Å². The zero-order chi connectivity index (χ0) is 10.5. The molecule has 0 aromatic rings. The molecule has 0 aliphatic carbocycles. The van der Waals surface area contributed by atoms with Gasteiger partial charge in [0.05, 0.1) is 0 Å². The van der Waals surface area contributed by atoms with Crippen LogP contribution in [0.4, 0.5) is 0 Å². The first kappa shape index (κ1) is 25.1. The van der Waals surface area contributed by atoms with Crippen molar-refractivity contribution in [1.82, 2.24) is 0 Å². The van der Waals surface area contributed by atoms with Gasteiger partial charge in [-0.2, -0.15) is 12.3 Å². The summed E-state index contributed by atoms with van der Waals surface area (Å²) in [6, 6.07) is 0. The quantitative estimate of drug-likeness (QED) is 0.381. The smallest absolute Gasteiger partial charge is 0.343 e. The van der Waals surface area contributed by atoms with Crippen LogP contribution in [-0.2, 0) is 0 Å². The Balaban J connectivity index is -0.0000000770. The second-order valence-electron chi connectivity index (χ2n) is 3.62. The van der Waals surface area contributed by atoms with E-state index in [0.717, 1.165) is 6.42 Å². The number of hydrogen-bond donors (Lipinski definition) is 0. The molecule has 0 N–H and O–H groups in total. The Morgan fingerprint density at radius 3 is 1.60 bits per heavy atom. The third-order valence-electron chi connectivity index (χ3n) is 2.15. The molecule has 0 saturated heterocycles. The van der Waals surface area contributed by atoms with Gasteiger partial charge < -0.3 is 13.8 Å². The third-order valence-corrected chi connectivity index (χ3v) is 2.15. The number of unbranched alkanes of at least 4 members (excludes halogenated alkanes) is 3. The first-order valence-electron chi connectivity index (χ1n) is 5.85. The predicted molar refractivity (Wildman–Crippen MR) is 63.5 cm³/mol. The second kappa shape index (κ2) is 24.4. The van der Waals surface area contributed by atoms with Gasteiger partial charge in [-0.15, -0.1) is 0 Å². The van der Waals surface area contributed by atoms with E-state index in [1.807, 2.05) is 0 Å². The second-order valence-corrected chi connectivity index (χ2v) is 3.62. The molecule has 1 atom stereocenters. The van der Waals surface area contributed by atoms with Gasteiger partial charge in [-0.05, 0) is 0 Å². The van der Waals surface area contributed by atoms with Gasteiger partial charge in [-0.25, -0.2) is 0 Å². The van der Waals surface area contributed by atoms with Crippen molar-refractivity contribution in [3.8, 4) is 0 Å². The van der Waals surface area contributed by atoms with Crippen LogP contribution in [0.15, 0.2) is 0 Å². The van der Waals surface area contributed by atoms with Crippen LogP contribution < -0.4 is 37.7 Å². The van der Waals surface area contributed by atoms with E-state index >= 15 is 0 Å². The summed E-state index contributed by atoms with van der Waals surface area (Å²) in [4.78, 5) is 0. The fraction of sp³-hybridized carbons (Fsp3) is 0.846. The molecule has 0 bridgehead atoms. The molecule has 1 unspecified atom stereocenters. The van der Waals surface area contributed by atoms with E-state index in [9.17, 15) is 0 Å². The van der Waals surface area contributed by atoms with Crippen LogP contribution in [0, 0.1) is 19.8 Å². The van der Waals surface area contributed by atoms with Crippen molar-refractivity contribution < 1.29 is 37.7 Å². The summed E-state index contributed by atoms with van der Waals surface area (Å²) in [6.07, 6.45) is 8.86. The topological polar surface area (TPSA) is 0 Å². The molecule has 0 spiro atoms. The Bertz CT molecular complexity index is 72.9. The summed E-state index contributed by atoms with van der Waals surface area (Å²) >= 11 is 0. The van der Waals surface area contributed by atoms with Crippen LogP contribution in [0.2, 0.25) is 0 Å². The Morgan fingerprint density at radius 2 is 1.40 bits per heavy atom. The molecule has 0 aromatic carbocycles. The molecule has 0 heterocycles. The molecule has 0 rings (SSSR count). The fourth-order valence-electron chi connectivity index (χ4n) is 0.947. The average molecular weight is 198 g/mol. The van der Waals surface area contributed by atoms with E-state index in [4.69, 9.17) is 0 Å². The predicted octanol–water partition coefficient (Wildman–Crippen LogP) is -0.944. The van der Waals surface area contributed by atoms with E-state index in [1.54, 1.807) is 0 Å². The summed E-state index contributed by atoms with van der Waals surface area (Å²) in [5.41, 5.74) is 0. The van der Waals surface area contributed by atoms with Crippen molar-refractivity contribution in [1.29, 1.82) is 0 Å². The van der Waals surface area contributed by atoms with Crippen LogP contribution in [-0.4, -0.2) is 0 Å². The molecule has 0 radical (unpaired) electrons. The van der Waals surface area contributed by atoms with Gasteiger partial charge in [-0.3, -0.25) is 0 Å². The van der Waals surface area contributed by atoms with Crippen LogP contribution in [0.5, 0.6) is 0 Å². The normalized spacial score (nSPS) is 10.2. The van der Waals surface area contributed by atoms with Gasteiger partial charge >= 0.3 is 37.7 Å². The average Bonchev–Trinajstić information content (AvgIpc) is 2.16. The Hall–Kier alpha value is 1.19. The zero-order valence-electron chi connectivity index (χ0n) is 11.9. The molecule has 0 fully saturated rings. The van der Waals surface area contributed by atoms with Gasteiger partial charge in [0.15, 0.2) is 0 Å². The minimum Gasteiger partial charge on any atom is -0.343 e. The Morgan fingerprint density at radius 1 is 0.933 bits per heavy atom. The summed E-state index contributed by atoms with van der Waals surface area (Å²) in [6.45, 7) is 14.3. The van der Waals surface area contributed by atoms with Gasteiger partial charge in [0, 0.05) is 0 Å². The standard InChI is InChI=1S/C8H17.C5H11.2Li/c1-4-6-7-8(3)5-2;1-3-5-4-2;;/h8H,3-7H2,1-2H3;1,3-5H2,2H3;;/q2*-1;2*+1. The molecule has 15 heavy (non-hydrogen) atoms. The van der Waals surface area contributed by atoms with Crippen LogP contribution in [0.3, 0.4) is 0 Å². The maximum atomic E-state index is 3.99. The molecular formula is C13H28Li2. The van der Waals surface area contributed by atoms with E-state index in [1.165, 1.54) is 38.5 Å². The molecule has 0 nitrogen and oxygen atoms in total. The largest absolute Gasteiger partial charge is 1.00 e. The molecule has 0 amide bonds. The minimum absolute atomic E-state index is 0. The Kier molecular flexibility index (Phi) is 40.9. The van der Waals surface area contributed by atoms with Gasteiger partial charge in [0.2, 0.25) is 0 Å². The third kappa shape index (κ3) is 31.3. The monoisotopic (exact) mass is 198 g/mol. The molecular weight excluding hydrogens is 170 g/mol. The summed E-state index contributed by atoms with van der Waals surface area (Å²) in [7, 11) is 0.